The number of nitrogens with one attached hydrogen (secondary N) is 1. The van der Waals surface area contributed by atoms with Gasteiger partial charge in [0.2, 0.25) is 0 Å². The van der Waals surface area contributed by atoms with Gasteiger partial charge in [-0.3, -0.25) is 9.80 Å². The monoisotopic (exact) mass is 218 g/mol. The van der Waals surface area contributed by atoms with Crippen LogP contribution < -0.4 is 5.32 Å². The van der Waals surface area contributed by atoms with Crippen molar-refractivity contribution in [3.63, 3.8) is 0 Å². The van der Waals surface area contributed by atoms with Gasteiger partial charge in [-0.1, -0.05) is 0 Å². The Labute approximate surface area is 92.7 Å². The summed E-state index contributed by atoms with van der Waals surface area (Å²) in [6.45, 7) is 2.08. The molecule has 2 rings (SSSR count). The maximum Gasteiger partial charge on any atom is 0.356 e. The Morgan fingerprint density at radius 2 is 2.44 bits per heavy atom. The van der Waals surface area contributed by atoms with E-state index in [4.69, 9.17) is 10.00 Å². The Morgan fingerprint density at radius 1 is 1.62 bits per heavy atom. The molecule has 1 N–H and O–H groups in total. The number of fused-ring (bicyclic) bond motifs is 1. The first-order valence-electron chi connectivity index (χ1n) is 4.77. The predicted molar refractivity (Wildman–Crippen MR) is 54.4 cm³/mol. The van der Waals surface area contributed by atoms with Gasteiger partial charge in [-0.2, -0.15) is 5.26 Å². The lowest BCUT2D eigenvalue weighted by atomic mass is 10.4. The number of carbonyl (C=O) groups is 1. The van der Waals surface area contributed by atoms with Crippen molar-refractivity contribution in [2.24, 2.45) is 0 Å². The summed E-state index contributed by atoms with van der Waals surface area (Å²) in [6.07, 6.45) is 8.27. The largest absolute Gasteiger partial charge is 0.461 e. The summed E-state index contributed by atoms with van der Waals surface area (Å²) in [5, 5.41) is 11.6. The lowest BCUT2D eigenvalue weighted by Gasteiger charge is -2.22. The Balaban J connectivity index is 2.16. The topological polar surface area (TPSA) is 68.6 Å². The Bertz CT molecular complexity index is 444. The fourth-order valence-corrected chi connectivity index (χ4v) is 1.41. The Kier molecular flexibility index (Phi) is 2.52. The van der Waals surface area contributed by atoms with Crippen LogP contribution in [0.4, 0.5) is 0 Å². The van der Waals surface area contributed by atoms with Crippen LogP contribution >= 0.6 is 0 Å². The highest BCUT2D eigenvalue weighted by molar-refractivity contribution is 5.89. The summed E-state index contributed by atoms with van der Waals surface area (Å²) in [4.78, 5) is 14.5. The molecule has 82 valence electrons. The summed E-state index contributed by atoms with van der Waals surface area (Å²) in [7, 11) is 0. The van der Waals surface area contributed by atoms with Crippen LogP contribution in [0.25, 0.3) is 0 Å². The van der Waals surface area contributed by atoms with E-state index in [9.17, 15) is 4.79 Å². The third kappa shape index (κ3) is 1.59. The number of hydrogen-bond donors (Lipinski definition) is 1. The molecule has 0 spiro atoms. The van der Waals surface area contributed by atoms with Crippen molar-refractivity contribution in [2.75, 3.05) is 6.61 Å². The molecule has 0 radical (unpaired) electrons. The van der Waals surface area contributed by atoms with E-state index in [1.54, 1.807) is 36.6 Å². The molecular formula is C10H10N4O2. The SMILES string of the molecule is CCOC(=O)C1=CNC2=CN(C#N)C=CN21. The van der Waals surface area contributed by atoms with Gasteiger partial charge in [0.25, 0.3) is 0 Å². The number of ether oxygens (including phenoxy) is 1. The van der Waals surface area contributed by atoms with E-state index in [0.29, 0.717) is 18.1 Å². The first-order valence-corrected chi connectivity index (χ1v) is 4.77. The molecule has 16 heavy (non-hydrogen) atoms. The highest BCUT2D eigenvalue weighted by Gasteiger charge is 2.27. The third-order valence-electron chi connectivity index (χ3n) is 2.11. The summed E-state index contributed by atoms with van der Waals surface area (Å²) in [5.41, 5.74) is 0.405. The van der Waals surface area contributed by atoms with E-state index >= 15 is 0 Å². The lowest BCUT2D eigenvalue weighted by molar-refractivity contribution is -0.139. The van der Waals surface area contributed by atoms with Gasteiger partial charge in [0, 0.05) is 18.6 Å². The van der Waals surface area contributed by atoms with Crippen molar-refractivity contribution in [3.05, 3.63) is 36.3 Å². The smallest absolute Gasteiger partial charge is 0.356 e. The van der Waals surface area contributed by atoms with Crippen LogP contribution in [-0.4, -0.2) is 22.4 Å². The second-order valence-electron chi connectivity index (χ2n) is 3.08. The molecule has 0 amide bonds. The number of esters is 1. The van der Waals surface area contributed by atoms with Crippen molar-refractivity contribution in [2.45, 2.75) is 6.92 Å². The van der Waals surface area contributed by atoms with Crippen LogP contribution in [0.3, 0.4) is 0 Å². The summed E-state index contributed by atoms with van der Waals surface area (Å²) in [6, 6.07) is 0. The quantitative estimate of drug-likeness (QED) is 0.533. The van der Waals surface area contributed by atoms with Crippen molar-refractivity contribution in [3.8, 4) is 6.19 Å². The maximum atomic E-state index is 11.5. The fraction of sp³-hybridized carbons (Fsp3) is 0.200. The molecule has 2 aliphatic heterocycles. The van der Waals surface area contributed by atoms with Crippen LogP contribution in [-0.2, 0) is 9.53 Å². The van der Waals surface area contributed by atoms with E-state index in [2.05, 4.69) is 5.32 Å². The molecule has 0 aliphatic carbocycles. The zero-order valence-corrected chi connectivity index (χ0v) is 8.67. The van der Waals surface area contributed by atoms with Gasteiger partial charge >= 0.3 is 5.97 Å². The van der Waals surface area contributed by atoms with E-state index in [1.165, 1.54) is 4.90 Å². The lowest BCUT2D eigenvalue weighted by Crippen LogP contribution is -2.26. The molecule has 0 aromatic carbocycles. The average Bonchev–Trinajstić information content (AvgIpc) is 2.71. The zero-order valence-electron chi connectivity index (χ0n) is 8.67. The second kappa shape index (κ2) is 3.98. The van der Waals surface area contributed by atoms with E-state index in [0.717, 1.165) is 0 Å². The fourth-order valence-electron chi connectivity index (χ4n) is 1.41. The molecule has 0 atom stereocenters. The molecule has 0 unspecified atom stereocenters. The van der Waals surface area contributed by atoms with Crippen LogP contribution in [0.5, 0.6) is 0 Å². The van der Waals surface area contributed by atoms with Gasteiger partial charge in [0.05, 0.1) is 12.8 Å². The van der Waals surface area contributed by atoms with Crippen molar-refractivity contribution < 1.29 is 9.53 Å². The van der Waals surface area contributed by atoms with Crippen LogP contribution in [0.15, 0.2) is 36.3 Å². The van der Waals surface area contributed by atoms with E-state index in [-0.39, 0.29) is 0 Å². The van der Waals surface area contributed by atoms with Gasteiger partial charge in [-0.05, 0) is 6.92 Å². The first-order chi connectivity index (χ1) is 7.76. The van der Waals surface area contributed by atoms with Crippen LogP contribution in [0, 0.1) is 11.5 Å². The molecule has 0 aromatic heterocycles. The molecule has 6 nitrogen and oxygen atoms in total. The van der Waals surface area contributed by atoms with E-state index < -0.39 is 5.97 Å². The molecule has 0 saturated heterocycles. The van der Waals surface area contributed by atoms with Crippen molar-refractivity contribution in [1.82, 2.24) is 15.1 Å². The highest BCUT2D eigenvalue weighted by atomic mass is 16.5. The first kappa shape index (κ1) is 10.1. The molecule has 0 fully saturated rings. The number of carbonyl (C=O) groups excluding carboxylic acids is 1. The molecule has 6 heteroatoms. The molecule has 0 bridgehead atoms. The minimum Gasteiger partial charge on any atom is -0.461 e. The van der Waals surface area contributed by atoms with Gasteiger partial charge in [-0.15, -0.1) is 0 Å². The molecule has 2 aliphatic rings. The second-order valence-corrected chi connectivity index (χ2v) is 3.08. The number of nitriles is 1. The van der Waals surface area contributed by atoms with Gasteiger partial charge in [0.1, 0.15) is 11.5 Å². The number of rotatable bonds is 2. The molecule has 0 saturated carbocycles. The summed E-state index contributed by atoms with van der Waals surface area (Å²) in [5.74, 6) is 0.251. The zero-order chi connectivity index (χ0) is 11.5. The Hall–Kier alpha value is -2.42. The normalized spacial score (nSPS) is 17.0. The van der Waals surface area contributed by atoms with Crippen molar-refractivity contribution in [1.29, 1.82) is 5.26 Å². The molecular weight excluding hydrogens is 208 g/mol. The molecule has 0 aromatic rings. The highest BCUT2D eigenvalue weighted by Crippen LogP contribution is 2.22. The van der Waals surface area contributed by atoms with E-state index in [1.807, 2.05) is 6.19 Å². The predicted octanol–water partition coefficient (Wildman–Crippen LogP) is 0.363. The minimum absolute atomic E-state index is 0.330. The Morgan fingerprint density at radius 3 is 3.12 bits per heavy atom. The summed E-state index contributed by atoms with van der Waals surface area (Å²) >= 11 is 0. The van der Waals surface area contributed by atoms with Gasteiger partial charge in [0.15, 0.2) is 6.19 Å². The summed E-state index contributed by atoms with van der Waals surface area (Å²) < 4.78 is 4.90. The standard InChI is InChI=1S/C10H10N4O2/c1-2-16-10(15)8-5-12-9-6-13(7-11)3-4-14(8)9/h3-6,12H,2H2,1H3. The van der Waals surface area contributed by atoms with Gasteiger partial charge in [-0.25, -0.2) is 4.79 Å². The van der Waals surface area contributed by atoms with Crippen LogP contribution in [0.2, 0.25) is 0 Å². The average molecular weight is 218 g/mol. The minimum atomic E-state index is -0.395. The van der Waals surface area contributed by atoms with Crippen LogP contribution in [0.1, 0.15) is 6.92 Å². The number of hydrogen-bond acceptors (Lipinski definition) is 6. The maximum absolute atomic E-state index is 11.5. The van der Waals surface area contributed by atoms with Gasteiger partial charge < -0.3 is 10.1 Å². The van der Waals surface area contributed by atoms with Crippen molar-refractivity contribution >= 4 is 5.97 Å². The third-order valence-corrected chi connectivity index (χ3v) is 2.11. The molecule has 2 heterocycles. The number of nitrogens with zero attached hydrogens (tertiary/aromatic N) is 3.